The fourth-order valence-corrected chi connectivity index (χ4v) is 17.7. The van der Waals surface area contributed by atoms with Crippen molar-refractivity contribution in [2.45, 2.75) is 154 Å². The van der Waals surface area contributed by atoms with Gasteiger partial charge in [0.05, 0.1) is 12.2 Å². The lowest BCUT2D eigenvalue weighted by Crippen LogP contribution is -2.71. The summed E-state index contributed by atoms with van der Waals surface area (Å²) in [6.45, 7) is 12.6. The molecule has 0 aromatic heterocycles. The molecule has 6 fully saturated rings. The Morgan fingerprint density at radius 1 is 0.641 bits per heavy atom. The molecule has 0 heterocycles. The fourth-order valence-electron chi connectivity index (χ4n) is 15.1. The number of esters is 2. The molecule has 2 N–H and O–H groups in total. The summed E-state index contributed by atoms with van der Waals surface area (Å²) in [7, 11) is 0.888. The number of ketones is 2. The minimum Gasteiger partial charge on any atom is -0.449 e. The number of carbonyl (C=O) groups is 6. The number of fused-ring (bicyclic) bond motifs is 10. The molecule has 0 aliphatic heterocycles. The lowest BCUT2D eigenvalue weighted by molar-refractivity contribution is -0.228. The average molecular weight is 935 g/mol. The standard InChI is InChI=1S/C48H58F4O10S2/c1-9-37(57)61-47(23(3)15-27-29-19-33(49)31-17-25(53)11-13-41(31,5)45(29,51)35(55)21-43(27,47)7)39(59)63-64-40(60)48(62-38(58)10-2)24(4)16-28-30-20-34(50)32-18-26(54)12-14-42(32,6)46(30,52)36(56)22-44(28,48)8/h11-14,17-18,23-24,27-30,33-36,55-56H,9-10,15-16,19-22H2,1-8H3. The summed E-state index contributed by atoms with van der Waals surface area (Å²) in [5.74, 6) is -8.23. The first-order valence-corrected chi connectivity index (χ1v) is 24.7. The third-order valence-electron chi connectivity index (χ3n) is 18.3. The molecule has 6 saturated carbocycles. The zero-order valence-corrected chi connectivity index (χ0v) is 39.0. The fraction of sp³-hybridized carbons (Fsp3) is 0.708. The topological polar surface area (TPSA) is 161 Å². The molecule has 8 aliphatic carbocycles. The average Bonchev–Trinajstić information content (AvgIpc) is 3.59. The van der Waals surface area contributed by atoms with Crippen molar-refractivity contribution in [3.8, 4) is 0 Å². The van der Waals surface area contributed by atoms with Gasteiger partial charge in [-0.2, -0.15) is 0 Å². The van der Waals surface area contributed by atoms with Crippen molar-refractivity contribution in [2.24, 2.45) is 57.2 Å². The molecule has 64 heavy (non-hydrogen) atoms. The Balaban J connectivity index is 1.15. The highest BCUT2D eigenvalue weighted by Crippen LogP contribution is 2.75. The molecule has 8 aliphatic rings. The quantitative estimate of drug-likeness (QED) is 0.151. The molecule has 350 valence electrons. The normalized spacial score (nSPS) is 49.8. The van der Waals surface area contributed by atoms with Crippen LogP contribution < -0.4 is 0 Å². The summed E-state index contributed by atoms with van der Waals surface area (Å²) < 4.78 is 81.1. The van der Waals surface area contributed by atoms with Gasteiger partial charge in [-0.3, -0.25) is 28.8 Å². The molecule has 0 aromatic carbocycles. The summed E-state index contributed by atoms with van der Waals surface area (Å²) >= 11 is 0. The van der Waals surface area contributed by atoms with E-state index in [1.807, 2.05) is 0 Å². The largest absolute Gasteiger partial charge is 0.449 e. The lowest BCUT2D eigenvalue weighted by atomic mass is 9.44. The first-order valence-electron chi connectivity index (χ1n) is 22.5. The lowest BCUT2D eigenvalue weighted by Gasteiger charge is -2.63. The zero-order chi connectivity index (χ0) is 47.1. The maximum atomic E-state index is 18.1. The van der Waals surface area contributed by atoms with E-state index >= 15 is 27.2 Å². The number of carbonyl (C=O) groups excluding carboxylic acids is 6. The molecule has 0 bridgehead atoms. The van der Waals surface area contributed by atoms with Gasteiger partial charge in [0.15, 0.2) is 34.1 Å². The van der Waals surface area contributed by atoms with Crippen LogP contribution in [-0.2, 0) is 38.2 Å². The van der Waals surface area contributed by atoms with Crippen molar-refractivity contribution in [3.05, 3.63) is 47.6 Å². The van der Waals surface area contributed by atoms with Gasteiger partial charge >= 0.3 is 11.9 Å². The molecule has 0 amide bonds. The van der Waals surface area contributed by atoms with Crippen LogP contribution in [0.3, 0.4) is 0 Å². The van der Waals surface area contributed by atoms with Crippen LogP contribution in [0.25, 0.3) is 0 Å². The molecular weight excluding hydrogens is 877 g/mol. The molecule has 0 aromatic rings. The van der Waals surface area contributed by atoms with Crippen LogP contribution in [0.15, 0.2) is 47.6 Å². The van der Waals surface area contributed by atoms with Crippen molar-refractivity contribution in [2.75, 3.05) is 0 Å². The number of hydrogen-bond acceptors (Lipinski definition) is 12. The highest BCUT2D eigenvalue weighted by atomic mass is 33.1. The summed E-state index contributed by atoms with van der Waals surface area (Å²) in [5, 5.41) is 22.4. The smallest absolute Gasteiger partial charge is 0.306 e. The van der Waals surface area contributed by atoms with Crippen LogP contribution in [0.5, 0.6) is 0 Å². The Kier molecular flexibility index (Phi) is 11.3. The molecule has 0 spiro atoms. The summed E-state index contributed by atoms with van der Waals surface area (Å²) in [6, 6.07) is 0. The van der Waals surface area contributed by atoms with E-state index in [1.54, 1.807) is 27.7 Å². The van der Waals surface area contributed by atoms with Gasteiger partial charge in [0.2, 0.25) is 10.2 Å². The van der Waals surface area contributed by atoms with Gasteiger partial charge in [0.1, 0.15) is 12.3 Å². The van der Waals surface area contributed by atoms with Gasteiger partial charge in [-0.25, -0.2) is 17.6 Å². The van der Waals surface area contributed by atoms with Gasteiger partial charge in [0.25, 0.3) is 0 Å². The van der Waals surface area contributed by atoms with Crippen molar-refractivity contribution in [1.82, 2.24) is 0 Å². The number of allylic oxidation sites excluding steroid dienone is 8. The SMILES string of the molecule is CCC(=O)OC1(C(=O)SSC(=O)C2(OC(=O)CC)C(C)CC3C4CC(F)C5=CC(=O)C=CC5(C)C4(F)C(O)CC32C)C(C)CC2C3CC(F)C4=CC(=O)C=CC4(C)C3(F)C(O)CC21C. The second-order valence-electron chi connectivity index (χ2n) is 20.9. The van der Waals surface area contributed by atoms with E-state index < -0.39 is 164 Å². The number of hydrogen-bond donors (Lipinski definition) is 2. The molecule has 16 heteroatoms. The van der Waals surface area contributed by atoms with E-state index in [1.165, 1.54) is 39.8 Å². The van der Waals surface area contributed by atoms with E-state index in [0.717, 1.165) is 24.3 Å². The first-order chi connectivity index (χ1) is 29.7. The van der Waals surface area contributed by atoms with Crippen LogP contribution in [-0.4, -0.2) is 91.0 Å². The Morgan fingerprint density at radius 3 is 1.31 bits per heavy atom. The summed E-state index contributed by atoms with van der Waals surface area (Å²) in [5.41, 5.74) is -15.6. The third kappa shape index (κ3) is 5.72. The predicted molar refractivity (Wildman–Crippen MR) is 230 cm³/mol. The van der Waals surface area contributed by atoms with Crippen molar-refractivity contribution in [3.63, 3.8) is 0 Å². The third-order valence-corrected chi connectivity index (χ3v) is 20.4. The monoisotopic (exact) mass is 934 g/mol. The summed E-state index contributed by atoms with van der Waals surface area (Å²) in [4.78, 5) is 82.0. The minimum atomic E-state index is -2.48. The van der Waals surface area contributed by atoms with E-state index in [0.29, 0.717) is 21.6 Å². The van der Waals surface area contributed by atoms with Gasteiger partial charge in [-0.15, -0.1) is 0 Å². The number of rotatable bonds is 6. The van der Waals surface area contributed by atoms with Crippen molar-refractivity contribution < 1.29 is 66.0 Å². The molecule has 0 radical (unpaired) electrons. The van der Waals surface area contributed by atoms with Crippen LogP contribution in [0.1, 0.15) is 107 Å². The Labute approximate surface area is 378 Å². The van der Waals surface area contributed by atoms with E-state index in [9.17, 15) is 29.4 Å². The number of halogens is 4. The van der Waals surface area contributed by atoms with E-state index in [2.05, 4.69) is 0 Å². The van der Waals surface area contributed by atoms with Gasteiger partial charge in [-0.05, 0) is 121 Å². The Morgan fingerprint density at radius 2 is 0.984 bits per heavy atom. The van der Waals surface area contributed by atoms with Gasteiger partial charge < -0.3 is 19.7 Å². The Hall–Kier alpha value is -3.08. The van der Waals surface area contributed by atoms with E-state index in [-0.39, 0.29) is 36.8 Å². The molecule has 10 nitrogen and oxygen atoms in total. The highest BCUT2D eigenvalue weighted by Gasteiger charge is 2.80. The molecular formula is C48H58F4O10S2. The van der Waals surface area contributed by atoms with Crippen LogP contribution >= 0.6 is 21.6 Å². The second-order valence-corrected chi connectivity index (χ2v) is 22.9. The Bertz CT molecular complexity index is 2080. The van der Waals surface area contributed by atoms with E-state index in [4.69, 9.17) is 9.47 Å². The zero-order valence-electron chi connectivity index (χ0n) is 37.4. The van der Waals surface area contributed by atoms with Crippen LogP contribution in [0.2, 0.25) is 0 Å². The number of ether oxygens (including phenoxy) is 2. The summed E-state index contributed by atoms with van der Waals surface area (Å²) in [6.07, 6.45) is -1.77. The molecule has 0 saturated heterocycles. The van der Waals surface area contributed by atoms with Crippen LogP contribution in [0, 0.1) is 57.2 Å². The number of aliphatic hydroxyl groups excluding tert-OH is 2. The molecule has 18 unspecified atom stereocenters. The molecule has 8 rings (SSSR count). The highest BCUT2D eigenvalue weighted by molar-refractivity contribution is 8.87. The van der Waals surface area contributed by atoms with Crippen LogP contribution in [0.4, 0.5) is 17.6 Å². The number of aliphatic hydroxyl groups is 2. The molecule has 18 atom stereocenters. The van der Waals surface area contributed by atoms with Gasteiger partial charge in [-0.1, -0.05) is 53.7 Å². The van der Waals surface area contributed by atoms with Gasteiger partial charge in [0, 0.05) is 58.2 Å². The second kappa shape index (κ2) is 15.2. The van der Waals surface area contributed by atoms with Crippen molar-refractivity contribution in [1.29, 1.82) is 0 Å². The first kappa shape index (κ1) is 47.4. The maximum Gasteiger partial charge on any atom is 0.306 e. The predicted octanol–water partition coefficient (Wildman–Crippen LogP) is 7.93. The minimum absolute atomic E-state index is 0.0683. The number of alkyl halides is 4. The van der Waals surface area contributed by atoms with Crippen molar-refractivity contribution >= 4 is 55.3 Å². The maximum absolute atomic E-state index is 18.1.